The molecule has 1 heterocycles. The summed E-state index contributed by atoms with van der Waals surface area (Å²) < 4.78 is 0. The lowest BCUT2D eigenvalue weighted by Gasteiger charge is -2.07. The molecule has 1 amide bonds. The van der Waals surface area contributed by atoms with Crippen LogP contribution in [-0.2, 0) is 6.54 Å². The van der Waals surface area contributed by atoms with E-state index in [9.17, 15) is 4.79 Å². The van der Waals surface area contributed by atoms with Crippen LogP contribution in [0.3, 0.4) is 0 Å². The highest BCUT2D eigenvalue weighted by molar-refractivity contribution is 6.30. The van der Waals surface area contributed by atoms with E-state index in [1.54, 1.807) is 36.5 Å². The molecule has 108 valence electrons. The largest absolute Gasteiger partial charge is 0.381 e. The van der Waals surface area contributed by atoms with Gasteiger partial charge < -0.3 is 10.6 Å². The summed E-state index contributed by atoms with van der Waals surface area (Å²) in [6.07, 6.45) is 3.35. The third-order valence-corrected chi connectivity index (χ3v) is 3.06. The number of halogens is 1. The molecule has 0 aliphatic heterocycles. The first-order valence-corrected chi connectivity index (χ1v) is 6.90. The maximum atomic E-state index is 12.1. The fraction of sp³-hybridized carbons (Fsp3) is 0.125. The van der Waals surface area contributed by atoms with Gasteiger partial charge in [0.1, 0.15) is 5.69 Å². The Labute approximate surface area is 128 Å². The van der Waals surface area contributed by atoms with Crippen LogP contribution in [0.4, 0.5) is 5.69 Å². The van der Waals surface area contributed by atoms with Gasteiger partial charge in [0, 0.05) is 30.0 Å². The molecule has 0 fully saturated rings. The van der Waals surface area contributed by atoms with Crippen LogP contribution in [0.1, 0.15) is 16.1 Å². The Kier molecular flexibility index (Phi) is 5.35. The molecular formula is C16H16ClN3O. The number of pyridine rings is 1. The van der Waals surface area contributed by atoms with Crippen LogP contribution >= 0.6 is 11.6 Å². The maximum absolute atomic E-state index is 12.1. The van der Waals surface area contributed by atoms with E-state index in [4.69, 9.17) is 11.6 Å². The van der Waals surface area contributed by atoms with Gasteiger partial charge in [0.25, 0.3) is 5.91 Å². The van der Waals surface area contributed by atoms with Crippen molar-refractivity contribution in [2.75, 3.05) is 11.9 Å². The van der Waals surface area contributed by atoms with Crippen molar-refractivity contribution in [3.05, 3.63) is 71.5 Å². The molecule has 2 N–H and O–H groups in total. The summed E-state index contributed by atoms with van der Waals surface area (Å²) in [6.45, 7) is 4.70. The molecular weight excluding hydrogens is 286 g/mol. The number of hydrogen-bond donors (Lipinski definition) is 2. The second-order valence-corrected chi connectivity index (χ2v) is 4.84. The number of nitrogens with zero attached hydrogens (tertiary/aromatic N) is 1. The van der Waals surface area contributed by atoms with Gasteiger partial charge in [-0.2, -0.15) is 0 Å². The average Bonchev–Trinajstić information content (AvgIpc) is 2.52. The van der Waals surface area contributed by atoms with E-state index in [-0.39, 0.29) is 5.91 Å². The summed E-state index contributed by atoms with van der Waals surface area (Å²) in [5.41, 5.74) is 2.19. The lowest BCUT2D eigenvalue weighted by atomic mass is 10.2. The molecule has 0 spiro atoms. The zero-order valence-corrected chi connectivity index (χ0v) is 12.2. The van der Waals surface area contributed by atoms with Gasteiger partial charge in [-0.05, 0) is 29.8 Å². The minimum Gasteiger partial charge on any atom is -0.381 e. The van der Waals surface area contributed by atoms with E-state index in [1.165, 1.54) is 0 Å². The van der Waals surface area contributed by atoms with E-state index in [0.717, 1.165) is 11.3 Å². The van der Waals surface area contributed by atoms with Crippen LogP contribution < -0.4 is 10.6 Å². The Balaban J connectivity index is 1.96. The number of benzene rings is 1. The molecule has 0 bridgehead atoms. The molecule has 0 aliphatic carbocycles. The predicted molar refractivity (Wildman–Crippen MR) is 85.5 cm³/mol. The maximum Gasteiger partial charge on any atom is 0.270 e. The molecule has 0 saturated heterocycles. The monoisotopic (exact) mass is 301 g/mol. The Morgan fingerprint density at radius 3 is 2.76 bits per heavy atom. The highest BCUT2D eigenvalue weighted by atomic mass is 35.5. The second kappa shape index (κ2) is 7.45. The van der Waals surface area contributed by atoms with Crippen molar-refractivity contribution in [2.45, 2.75) is 6.54 Å². The van der Waals surface area contributed by atoms with E-state index in [0.29, 0.717) is 23.8 Å². The molecule has 0 atom stereocenters. The molecule has 0 unspecified atom stereocenters. The van der Waals surface area contributed by atoms with Gasteiger partial charge in [0.05, 0.1) is 0 Å². The Morgan fingerprint density at radius 2 is 2.05 bits per heavy atom. The van der Waals surface area contributed by atoms with Crippen LogP contribution in [-0.4, -0.2) is 17.4 Å². The number of anilines is 1. The molecule has 5 heteroatoms. The summed E-state index contributed by atoms with van der Waals surface area (Å²) in [5, 5.41) is 6.62. The summed E-state index contributed by atoms with van der Waals surface area (Å²) in [7, 11) is 0. The number of rotatable bonds is 6. The predicted octanol–water partition coefficient (Wildman–Crippen LogP) is 3.26. The average molecular weight is 302 g/mol. The Morgan fingerprint density at radius 1 is 1.29 bits per heavy atom. The Hall–Kier alpha value is -2.33. The number of hydrogen-bond acceptors (Lipinski definition) is 3. The molecule has 0 aliphatic rings. The lowest BCUT2D eigenvalue weighted by Crippen LogP contribution is -2.23. The van der Waals surface area contributed by atoms with Crippen molar-refractivity contribution in [2.24, 2.45) is 0 Å². The molecule has 1 aromatic carbocycles. The fourth-order valence-corrected chi connectivity index (χ4v) is 1.86. The highest BCUT2D eigenvalue weighted by Gasteiger charge is 2.07. The normalized spacial score (nSPS) is 9.95. The van der Waals surface area contributed by atoms with Crippen LogP contribution in [0.15, 0.2) is 55.3 Å². The number of carbonyl (C=O) groups is 1. The van der Waals surface area contributed by atoms with Crippen LogP contribution in [0.5, 0.6) is 0 Å². The molecule has 0 radical (unpaired) electrons. The SMILES string of the molecule is C=CCNc1ccnc(C(=O)NCc2ccc(Cl)cc2)c1. The van der Waals surface area contributed by atoms with Crippen molar-refractivity contribution >= 4 is 23.2 Å². The first-order chi connectivity index (χ1) is 10.2. The summed E-state index contributed by atoms with van der Waals surface area (Å²) in [6, 6.07) is 10.8. The molecule has 1 aromatic heterocycles. The molecule has 0 saturated carbocycles. The van der Waals surface area contributed by atoms with Gasteiger partial charge >= 0.3 is 0 Å². The number of amides is 1. The van der Waals surface area contributed by atoms with E-state index < -0.39 is 0 Å². The molecule has 4 nitrogen and oxygen atoms in total. The Bertz CT molecular complexity index is 626. The molecule has 2 aromatic rings. The van der Waals surface area contributed by atoms with Gasteiger partial charge in [-0.1, -0.05) is 29.8 Å². The van der Waals surface area contributed by atoms with E-state index in [1.807, 2.05) is 12.1 Å². The van der Waals surface area contributed by atoms with E-state index in [2.05, 4.69) is 22.2 Å². The first-order valence-electron chi connectivity index (χ1n) is 6.52. The van der Waals surface area contributed by atoms with Gasteiger partial charge in [-0.25, -0.2) is 0 Å². The summed E-state index contributed by atoms with van der Waals surface area (Å²) >= 11 is 5.82. The number of nitrogens with one attached hydrogen (secondary N) is 2. The van der Waals surface area contributed by atoms with Crippen molar-refractivity contribution in [1.82, 2.24) is 10.3 Å². The van der Waals surface area contributed by atoms with Gasteiger partial charge in [-0.15, -0.1) is 6.58 Å². The molecule has 2 rings (SSSR count). The quantitative estimate of drug-likeness (QED) is 0.805. The zero-order valence-electron chi connectivity index (χ0n) is 11.5. The topological polar surface area (TPSA) is 54.0 Å². The van der Waals surface area contributed by atoms with Crippen molar-refractivity contribution < 1.29 is 4.79 Å². The minimum atomic E-state index is -0.216. The number of aromatic nitrogens is 1. The summed E-state index contributed by atoms with van der Waals surface area (Å²) in [4.78, 5) is 16.1. The third-order valence-electron chi connectivity index (χ3n) is 2.81. The third kappa shape index (κ3) is 4.61. The minimum absolute atomic E-state index is 0.216. The van der Waals surface area contributed by atoms with Crippen LogP contribution in [0.25, 0.3) is 0 Å². The standard InChI is InChI=1S/C16H16ClN3O/c1-2-8-18-14-7-9-19-15(10-14)16(21)20-11-12-3-5-13(17)6-4-12/h2-7,9-10H,1,8,11H2,(H,18,19)(H,20,21). The van der Waals surface area contributed by atoms with Crippen molar-refractivity contribution in [3.8, 4) is 0 Å². The van der Waals surface area contributed by atoms with E-state index >= 15 is 0 Å². The van der Waals surface area contributed by atoms with Gasteiger partial charge in [0.2, 0.25) is 0 Å². The van der Waals surface area contributed by atoms with Crippen LogP contribution in [0.2, 0.25) is 5.02 Å². The lowest BCUT2D eigenvalue weighted by molar-refractivity contribution is 0.0946. The van der Waals surface area contributed by atoms with Crippen molar-refractivity contribution in [3.63, 3.8) is 0 Å². The smallest absolute Gasteiger partial charge is 0.270 e. The van der Waals surface area contributed by atoms with Crippen LogP contribution in [0, 0.1) is 0 Å². The van der Waals surface area contributed by atoms with Crippen molar-refractivity contribution in [1.29, 1.82) is 0 Å². The number of carbonyl (C=O) groups excluding carboxylic acids is 1. The highest BCUT2D eigenvalue weighted by Crippen LogP contribution is 2.10. The summed E-state index contributed by atoms with van der Waals surface area (Å²) in [5.74, 6) is -0.216. The first kappa shape index (κ1) is 15.1. The van der Waals surface area contributed by atoms with Gasteiger partial charge in [-0.3, -0.25) is 9.78 Å². The zero-order chi connectivity index (χ0) is 15.1. The second-order valence-electron chi connectivity index (χ2n) is 4.41. The fourth-order valence-electron chi connectivity index (χ4n) is 1.73. The molecule has 21 heavy (non-hydrogen) atoms. The van der Waals surface area contributed by atoms with Gasteiger partial charge in [0.15, 0.2) is 0 Å².